The Kier molecular flexibility index (Phi) is 4.60. The van der Waals surface area contributed by atoms with Crippen LogP contribution in [0.1, 0.15) is 11.3 Å². The van der Waals surface area contributed by atoms with Gasteiger partial charge in [0.2, 0.25) is 0 Å². The number of benzene rings is 1. The van der Waals surface area contributed by atoms with Crippen molar-refractivity contribution in [1.82, 2.24) is 9.88 Å². The molecule has 0 bridgehead atoms. The molecule has 0 aliphatic heterocycles. The molecule has 0 saturated carbocycles. The first-order chi connectivity index (χ1) is 9.29. The molecule has 0 radical (unpaired) electrons. The Morgan fingerprint density at radius 1 is 1.32 bits per heavy atom. The zero-order chi connectivity index (χ0) is 13.5. The minimum atomic E-state index is 0.627. The molecule has 0 fully saturated rings. The van der Waals surface area contributed by atoms with Gasteiger partial charge in [-0.25, -0.2) is 0 Å². The molecule has 0 saturated heterocycles. The maximum absolute atomic E-state index is 8.86. The van der Waals surface area contributed by atoms with Gasteiger partial charge >= 0.3 is 0 Å². The lowest BCUT2D eigenvalue weighted by atomic mass is 10.3. The quantitative estimate of drug-likeness (QED) is 0.804. The molecule has 4 nitrogen and oxygen atoms in total. The van der Waals surface area contributed by atoms with Gasteiger partial charge in [-0.3, -0.25) is 0 Å². The molecular weight excluding hydrogens is 238 g/mol. The maximum atomic E-state index is 8.86. The Labute approximate surface area is 113 Å². The van der Waals surface area contributed by atoms with E-state index in [1.165, 1.54) is 0 Å². The van der Waals surface area contributed by atoms with Crippen LogP contribution in [-0.4, -0.2) is 17.7 Å². The summed E-state index contributed by atoms with van der Waals surface area (Å²) in [6.45, 7) is 2.14. The molecule has 0 aliphatic carbocycles. The summed E-state index contributed by atoms with van der Waals surface area (Å²) in [4.78, 5) is 0. The number of nitriles is 1. The van der Waals surface area contributed by atoms with Gasteiger partial charge in [0.25, 0.3) is 0 Å². The summed E-state index contributed by atoms with van der Waals surface area (Å²) in [5.41, 5.74) is 1.79. The second-order valence-corrected chi connectivity index (χ2v) is 4.29. The van der Waals surface area contributed by atoms with Gasteiger partial charge in [-0.05, 0) is 23.8 Å². The van der Waals surface area contributed by atoms with Gasteiger partial charge in [-0.15, -0.1) is 0 Å². The average molecular weight is 255 g/mol. The van der Waals surface area contributed by atoms with Crippen molar-refractivity contribution in [3.8, 4) is 11.8 Å². The first kappa shape index (κ1) is 13.2. The van der Waals surface area contributed by atoms with Crippen LogP contribution in [-0.2, 0) is 13.6 Å². The first-order valence-corrected chi connectivity index (χ1v) is 6.23. The lowest BCUT2D eigenvalue weighted by Gasteiger charge is -2.06. The van der Waals surface area contributed by atoms with Crippen molar-refractivity contribution in [3.63, 3.8) is 0 Å². The summed E-state index contributed by atoms with van der Waals surface area (Å²) < 4.78 is 7.40. The molecule has 0 unspecified atom stereocenters. The Hall–Kier alpha value is -2.25. The number of rotatable bonds is 6. The van der Waals surface area contributed by atoms with E-state index in [9.17, 15) is 0 Å². The molecule has 1 heterocycles. The van der Waals surface area contributed by atoms with Gasteiger partial charge in [0.15, 0.2) is 0 Å². The van der Waals surface area contributed by atoms with Gasteiger partial charge in [-0.2, -0.15) is 5.26 Å². The summed E-state index contributed by atoms with van der Waals surface area (Å²) >= 11 is 0. The van der Waals surface area contributed by atoms with Crippen LogP contribution in [0, 0.1) is 11.3 Å². The highest BCUT2D eigenvalue weighted by atomic mass is 16.5. The first-order valence-electron chi connectivity index (χ1n) is 6.23. The SMILES string of the molecule is Cn1cc(CNCCOc2ccccc2)cc1C#N. The fraction of sp³-hybridized carbons (Fsp3) is 0.267. The summed E-state index contributed by atoms with van der Waals surface area (Å²) in [6.07, 6.45) is 1.96. The molecule has 1 aromatic heterocycles. The van der Waals surface area contributed by atoms with Crippen molar-refractivity contribution in [3.05, 3.63) is 53.9 Å². The lowest BCUT2D eigenvalue weighted by Crippen LogP contribution is -2.20. The second-order valence-electron chi connectivity index (χ2n) is 4.29. The molecule has 0 amide bonds. The van der Waals surface area contributed by atoms with E-state index in [0.29, 0.717) is 12.3 Å². The van der Waals surface area contributed by atoms with Crippen molar-refractivity contribution < 1.29 is 4.74 Å². The summed E-state index contributed by atoms with van der Waals surface area (Å²) in [5, 5.41) is 12.1. The Bertz CT molecular complexity index is 555. The minimum Gasteiger partial charge on any atom is -0.492 e. The number of nitrogens with one attached hydrogen (secondary N) is 1. The monoisotopic (exact) mass is 255 g/mol. The zero-order valence-electron chi connectivity index (χ0n) is 11.0. The Morgan fingerprint density at radius 2 is 2.11 bits per heavy atom. The van der Waals surface area contributed by atoms with Crippen molar-refractivity contribution in [2.75, 3.05) is 13.2 Å². The van der Waals surface area contributed by atoms with Crippen LogP contribution in [0.25, 0.3) is 0 Å². The molecule has 1 N–H and O–H groups in total. The van der Waals surface area contributed by atoms with Crippen molar-refractivity contribution >= 4 is 0 Å². The third kappa shape index (κ3) is 3.87. The minimum absolute atomic E-state index is 0.627. The second kappa shape index (κ2) is 6.62. The summed E-state index contributed by atoms with van der Waals surface area (Å²) in [6, 6.07) is 13.8. The van der Waals surface area contributed by atoms with Crippen molar-refractivity contribution in [1.29, 1.82) is 5.26 Å². The highest BCUT2D eigenvalue weighted by molar-refractivity contribution is 5.28. The van der Waals surface area contributed by atoms with Crippen LogP contribution in [0.3, 0.4) is 0 Å². The van der Waals surface area contributed by atoms with E-state index < -0.39 is 0 Å². The van der Waals surface area contributed by atoms with E-state index in [4.69, 9.17) is 10.00 Å². The number of aromatic nitrogens is 1. The van der Waals surface area contributed by atoms with Gasteiger partial charge in [0, 0.05) is 26.3 Å². The third-order valence-corrected chi connectivity index (χ3v) is 2.80. The molecule has 4 heteroatoms. The summed E-state index contributed by atoms with van der Waals surface area (Å²) in [7, 11) is 1.88. The number of nitrogens with zero attached hydrogens (tertiary/aromatic N) is 2. The van der Waals surface area contributed by atoms with Crippen LogP contribution < -0.4 is 10.1 Å². The van der Waals surface area contributed by atoms with Gasteiger partial charge in [0.1, 0.15) is 24.1 Å². The van der Waals surface area contributed by atoms with Crippen LogP contribution >= 0.6 is 0 Å². The fourth-order valence-corrected chi connectivity index (χ4v) is 1.83. The highest BCUT2D eigenvalue weighted by Crippen LogP contribution is 2.08. The molecule has 0 spiro atoms. The Morgan fingerprint density at radius 3 is 2.79 bits per heavy atom. The van der Waals surface area contributed by atoms with E-state index in [0.717, 1.165) is 24.4 Å². The third-order valence-electron chi connectivity index (χ3n) is 2.80. The predicted octanol–water partition coefficient (Wildman–Crippen LogP) is 2.07. The zero-order valence-corrected chi connectivity index (χ0v) is 11.0. The molecule has 1 aromatic carbocycles. The van der Waals surface area contributed by atoms with E-state index >= 15 is 0 Å². The molecule has 2 rings (SSSR count). The average Bonchev–Trinajstić information content (AvgIpc) is 2.80. The predicted molar refractivity (Wildman–Crippen MR) is 73.8 cm³/mol. The number of hydrogen-bond donors (Lipinski definition) is 1. The summed E-state index contributed by atoms with van der Waals surface area (Å²) in [5.74, 6) is 0.885. The van der Waals surface area contributed by atoms with E-state index in [-0.39, 0.29) is 0 Å². The van der Waals surface area contributed by atoms with Crippen molar-refractivity contribution in [2.24, 2.45) is 7.05 Å². The van der Waals surface area contributed by atoms with Gasteiger partial charge in [0.05, 0.1) is 0 Å². The lowest BCUT2D eigenvalue weighted by molar-refractivity contribution is 0.313. The highest BCUT2D eigenvalue weighted by Gasteiger charge is 2.01. The molecule has 19 heavy (non-hydrogen) atoms. The van der Waals surface area contributed by atoms with Crippen LogP contribution in [0.5, 0.6) is 5.75 Å². The number of para-hydroxylation sites is 1. The number of aryl methyl sites for hydroxylation is 1. The van der Waals surface area contributed by atoms with Crippen LogP contribution in [0.4, 0.5) is 0 Å². The van der Waals surface area contributed by atoms with Crippen LogP contribution in [0.2, 0.25) is 0 Å². The molecule has 98 valence electrons. The topological polar surface area (TPSA) is 50.0 Å². The van der Waals surface area contributed by atoms with Gasteiger partial charge in [-0.1, -0.05) is 18.2 Å². The molecule has 0 atom stereocenters. The maximum Gasteiger partial charge on any atom is 0.120 e. The van der Waals surface area contributed by atoms with Crippen LogP contribution in [0.15, 0.2) is 42.6 Å². The fourth-order valence-electron chi connectivity index (χ4n) is 1.83. The smallest absolute Gasteiger partial charge is 0.120 e. The molecule has 2 aromatic rings. The Balaban J connectivity index is 1.68. The van der Waals surface area contributed by atoms with Gasteiger partial charge < -0.3 is 14.6 Å². The van der Waals surface area contributed by atoms with Crippen molar-refractivity contribution in [2.45, 2.75) is 6.54 Å². The standard InChI is InChI=1S/C15H17N3O/c1-18-12-13(9-14(18)10-16)11-17-7-8-19-15-5-3-2-4-6-15/h2-6,9,12,17H,7-8,11H2,1H3. The largest absolute Gasteiger partial charge is 0.492 e. The normalized spacial score (nSPS) is 10.1. The van der Waals surface area contributed by atoms with E-state index in [1.54, 1.807) is 0 Å². The van der Waals surface area contributed by atoms with E-state index in [1.807, 2.05) is 54.2 Å². The number of hydrogen-bond acceptors (Lipinski definition) is 3. The molecular formula is C15H17N3O. The molecule has 0 aliphatic rings. The van der Waals surface area contributed by atoms with E-state index in [2.05, 4.69) is 11.4 Å². The number of ether oxygens (including phenoxy) is 1.